The first kappa shape index (κ1) is 33.6. The number of methoxy groups -OCH3 is 2. The molecule has 2 aromatic carbocycles. The lowest BCUT2D eigenvalue weighted by Crippen LogP contribution is -2.35. The van der Waals surface area contributed by atoms with Crippen LogP contribution in [0, 0.1) is 0 Å². The van der Waals surface area contributed by atoms with Gasteiger partial charge >= 0.3 is 11.9 Å². The summed E-state index contributed by atoms with van der Waals surface area (Å²) >= 11 is 12.9. The van der Waals surface area contributed by atoms with E-state index in [1.807, 2.05) is 6.07 Å². The van der Waals surface area contributed by atoms with Crippen molar-refractivity contribution in [1.82, 2.24) is 16.1 Å². The molecule has 2 heterocycles. The molecule has 1 unspecified atom stereocenters. The van der Waals surface area contributed by atoms with Gasteiger partial charge in [0.25, 0.3) is 5.91 Å². The van der Waals surface area contributed by atoms with Gasteiger partial charge in [0.1, 0.15) is 5.75 Å². The number of amides is 1. The SMILES string of the molecule is C=C1CCC(c2ccc(OCC(=O)NCCOCC3=C(C(=O)OC)C(c4ccccc4Cl)C(C(=O)OC)=C(C)N3)c(Cl)c2)=NN1. The van der Waals surface area contributed by atoms with Crippen LogP contribution in [0.15, 0.2) is 82.4 Å². The fourth-order valence-corrected chi connectivity index (χ4v) is 5.41. The second-order valence-corrected chi connectivity index (χ2v) is 10.9. The number of allylic oxidation sites excluding steroid dienone is 2. The van der Waals surface area contributed by atoms with Crippen LogP contribution >= 0.6 is 23.2 Å². The molecule has 0 saturated heterocycles. The first-order valence-electron chi connectivity index (χ1n) is 14.0. The molecule has 3 N–H and O–H groups in total. The van der Waals surface area contributed by atoms with Crippen LogP contribution in [0.2, 0.25) is 10.0 Å². The van der Waals surface area contributed by atoms with Gasteiger partial charge in [-0.2, -0.15) is 5.10 Å². The maximum atomic E-state index is 13.1. The van der Waals surface area contributed by atoms with Gasteiger partial charge in [0.15, 0.2) is 6.61 Å². The van der Waals surface area contributed by atoms with Crippen LogP contribution in [0.25, 0.3) is 0 Å². The highest BCUT2D eigenvalue weighted by Gasteiger charge is 2.39. The minimum atomic E-state index is -0.858. The van der Waals surface area contributed by atoms with E-state index in [4.69, 9.17) is 42.1 Å². The third-order valence-electron chi connectivity index (χ3n) is 7.12. The Morgan fingerprint density at radius 3 is 2.42 bits per heavy atom. The van der Waals surface area contributed by atoms with Crippen molar-refractivity contribution in [3.8, 4) is 5.75 Å². The number of benzene rings is 2. The Labute approximate surface area is 271 Å². The Morgan fingerprint density at radius 1 is 1.02 bits per heavy atom. The van der Waals surface area contributed by atoms with E-state index < -0.39 is 17.9 Å². The number of nitrogens with zero attached hydrogens (tertiary/aromatic N) is 1. The quantitative estimate of drug-likeness (QED) is 0.225. The Balaban J connectivity index is 1.35. The molecule has 0 spiro atoms. The Morgan fingerprint density at radius 2 is 1.76 bits per heavy atom. The van der Waals surface area contributed by atoms with E-state index in [-0.39, 0.29) is 43.4 Å². The number of carbonyl (C=O) groups excluding carboxylic acids is 3. The van der Waals surface area contributed by atoms with Crippen molar-refractivity contribution < 1.29 is 33.3 Å². The number of halogens is 2. The van der Waals surface area contributed by atoms with E-state index in [1.54, 1.807) is 43.3 Å². The highest BCUT2D eigenvalue weighted by Crippen LogP contribution is 2.41. The molecule has 45 heavy (non-hydrogen) atoms. The standard InChI is InChI=1S/C32H34Cl2N4O7/c1-18-9-11-24(38-37-18)20-10-12-26(23(34)15-20)45-17-27(39)35-13-14-44-16-25-30(32(41)43-4)29(21-7-5-6-8-22(21)33)28(19(2)36-25)31(40)42-3/h5-8,10,12,15,29,36-37H,1,9,11,13-14,16-17H2,2-4H3,(H,35,39). The molecule has 0 bridgehead atoms. The summed E-state index contributed by atoms with van der Waals surface area (Å²) in [7, 11) is 2.51. The Bertz CT molecular complexity index is 1580. The van der Waals surface area contributed by atoms with Gasteiger partial charge in [0.05, 0.1) is 60.9 Å². The first-order chi connectivity index (χ1) is 21.6. The summed E-state index contributed by atoms with van der Waals surface area (Å²) in [5.74, 6) is -2.14. The summed E-state index contributed by atoms with van der Waals surface area (Å²) in [5, 5.41) is 10.8. The molecule has 13 heteroatoms. The molecule has 1 atom stereocenters. The molecular weight excluding hydrogens is 623 g/mol. The molecule has 0 saturated carbocycles. The van der Waals surface area contributed by atoms with Gasteiger partial charge < -0.3 is 29.6 Å². The van der Waals surface area contributed by atoms with Crippen LogP contribution < -0.4 is 20.8 Å². The van der Waals surface area contributed by atoms with Gasteiger partial charge in [-0.1, -0.05) is 48.0 Å². The molecule has 0 aliphatic carbocycles. The van der Waals surface area contributed by atoms with Gasteiger partial charge in [0.2, 0.25) is 0 Å². The number of dihydropyridines is 1. The lowest BCUT2D eigenvalue weighted by Gasteiger charge is -2.31. The van der Waals surface area contributed by atoms with Crippen molar-refractivity contribution in [2.75, 3.05) is 40.6 Å². The third-order valence-corrected chi connectivity index (χ3v) is 7.76. The molecule has 0 fully saturated rings. The average Bonchev–Trinajstić information content (AvgIpc) is 3.03. The van der Waals surface area contributed by atoms with E-state index in [2.05, 4.69) is 27.7 Å². The third kappa shape index (κ3) is 8.24. The van der Waals surface area contributed by atoms with Crippen LogP contribution in [0.5, 0.6) is 5.75 Å². The Hall–Kier alpha value is -4.32. The zero-order valence-corrected chi connectivity index (χ0v) is 26.6. The molecule has 11 nitrogen and oxygen atoms in total. The van der Waals surface area contributed by atoms with Crippen LogP contribution in [-0.2, 0) is 28.6 Å². The molecule has 2 aliphatic heterocycles. The van der Waals surface area contributed by atoms with E-state index >= 15 is 0 Å². The number of hydrazone groups is 1. The summed E-state index contributed by atoms with van der Waals surface area (Å²) in [4.78, 5) is 38.3. The van der Waals surface area contributed by atoms with Crippen molar-refractivity contribution >= 4 is 46.8 Å². The molecule has 2 aromatic rings. The summed E-state index contributed by atoms with van der Waals surface area (Å²) in [6.45, 7) is 5.55. The molecule has 238 valence electrons. The minimum absolute atomic E-state index is 0.0412. The molecule has 0 radical (unpaired) electrons. The van der Waals surface area contributed by atoms with Crippen molar-refractivity contribution in [1.29, 1.82) is 0 Å². The second kappa shape index (κ2) is 15.6. The van der Waals surface area contributed by atoms with Gasteiger partial charge in [0, 0.05) is 23.0 Å². The van der Waals surface area contributed by atoms with E-state index in [1.165, 1.54) is 14.2 Å². The zero-order chi connectivity index (χ0) is 32.5. The highest BCUT2D eigenvalue weighted by atomic mass is 35.5. The molecular formula is C32H34Cl2N4O7. The monoisotopic (exact) mass is 656 g/mol. The van der Waals surface area contributed by atoms with E-state index in [0.717, 1.165) is 29.8 Å². The van der Waals surface area contributed by atoms with Gasteiger partial charge in [-0.25, -0.2) is 9.59 Å². The number of hydrogen-bond donors (Lipinski definition) is 3. The summed E-state index contributed by atoms with van der Waals surface area (Å²) < 4.78 is 21.5. The van der Waals surface area contributed by atoms with Crippen molar-refractivity contribution in [3.05, 3.63) is 98.5 Å². The highest BCUT2D eigenvalue weighted by molar-refractivity contribution is 6.32. The largest absolute Gasteiger partial charge is 0.482 e. The van der Waals surface area contributed by atoms with Crippen molar-refractivity contribution in [2.24, 2.45) is 5.10 Å². The number of rotatable bonds is 12. The fraction of sp³-hybridized carbons (Fsp3) is 0.312. The van der Waals surface area contributed by atoms with Gasteiger partial charge in [-0.3, -0.25) is 10.2 Å². The summed E-state index contributed by atoms with van der Waals surface area (Å²) in [6.07, 6.45) is 1.53. The maximum Gasteiger partial charge on any atom is 0.336 e. The number of esters is 2. The first-order valence-corrected chi connectivity index (χ1v) is 14.8. The minimum Gasteiger partial charge on any atom is -0.482 e. The van der Waals surface area contributed by atoms with Crippen LogP contribution in [-0.4, -0.2) is 64.1 Å². The second-order valence-electron chi connectivity index (χ2n) is 10.1. The zero-order valence-electron chi connectivity index (χ0n) is 25.1. The molecule has 2 aliphatic rings. The van der Waals surface area contributed by atoms with Crippen molar-refractivity contribution in [3.63, 3.8) is 0 Å². The molecule has 4 rings (SSSR count). The number of hydrogen-bond acceptors (Lipinski definition) is 10. The predicted molar refractivity (Wildman–Crippen MR) is 170 cm³/mol. The topological polar surface area (TPSA) is 137 Å². The number of ether oxygens (including phenoxy) is 4. The number of carbonyl (C=O) groups is 3. The van der Waals surface area contributed by atoms with Crippen LogP contribution in [0.1, 0.15) is 36.8 Å². The van der Waals surface area contributed by atoms with Crippen LogP contribution in [0.4, 0.5) is 0 Å². The normalized spacial score (nSPS) is 16.3. The lowest BCUT2D eigenvalue weighted by atomic mass is 9.80. The maximum absolute atomic E-state index is 13.1. The van der Waals surface area contributed by atoms with E-state index in [0.29, 0.717) is 32.8 Å². The van der Waals surface area contributed by atoms with E-state index in [9.17, 15) is 14.4 Å². The Kier molecular flexibility index (Phi) is 11.6. The lowest BCUT2D eigenvalue weighted by molar-refractivity contribution is -0.137. The fourth-order valence-electron chi connectivity index (χ4n) is 4.93. The van der Waals surface area contributed by atoms with Crippen molar-refractivity contribution in [2.45, 2.75) is 25.7 Å². The summed E-state index contributed by atoms with van der Waals surface area (Å²) in [5.41, 5.74) is 7.26. The molecule has 0 aromatic heterocycles. The average molecular weight is 658 g/mol. The van der Waals surface area contributed by atoms with Gasteiger partial charge in [-0.05, 0) is 55.2 Å². The predicted octanol–water partition coefficient (Wildman–Crippen LogP) is 4.37. The smallest absolute Gasteiger partial charge is 0.336 e. The number of nitrogens with one attached hydrogen (secondary N) is 3. The summed E-state index contributed by atoms with van der Waals surface area (Å²) in [6, 6.07) is 12.2. The van der Waals surface area contributed by atoms with Gasteiger partial charge in [-0.15, -0.1) is 0 Å². The van der Waals surface area contributed by atoms with Crippen LogP contribution in [0.3, 0.4) is 0 Å². The molecule has 1 amide bonds.